The summed E-state index contributed by atoms with van der Waals surface area (Å²) in [5.74, 6) is 0. The van der Waals surface area contributed by atoms with E-state index in [0.29, 0.717) is 28.9 Å². The van der Waals surface area contributed by atoms with Gasteiger partial charge in [0.2, 0.25) is 0 Å². The Labute approximate surface area is 115 Å². The van der Waals surface area contributed by atoms with Gasteiger partial charge in [-0.25, -0.2) is 0 Å². The van der Waals surface area contributed by atoms with E-state index in [1.165, 1.54) is 6.20 Å². The summed E-state index contributed by atoms with van der Waals surface area (Å²) in [6.45, 7) is 1.12. The molecule has 1 atom stereocenters. The second-order valence-electron chi connectivity index (χ2n) is 4.71. The maximum Gasteiger partial charge on any atom is 0.290 e. The number of aromatic nitrogens is 2. The molecule has 1 unspecified atom stereocenters. The molecule has 2 aromatic rings. The zero-order valence-corrected chi connectivity index (χ0v) is 10.8. The largest absolute Gasteiger partial charge is 0.618 e. The molecule has 7 nitrogen and oxygen atoms in total. The molecule has 3 rings (SSSR count). The topological polar surface area (TPSA) is 86.6 Å². The summed E-state index contributed by atoms with van der Waals surface area (Å²) in [5, 5.41) is 33.8. The van der Waals surface area contributed by atoms with Crippen molar-refractivity contribution >= 4 is 11.0 Å². The van der Waals surface area contributed by atoms with Gasteiger partial charge in [0.1, 0.15) is 6.04 Å². The van der Waals surface area contributed by atoms with Gasteiger partial charge in [0, 0.05) is 18.7 Å². The Bertz CT molecular complexity index is 634. The molecular weight excluding hydrogens is 262 g/mol. The number of hydrogen-bond acceptors (Lipinski definition) is 5. The number of para-hydroxylation sites is 2. The van der Waals surface area contributed by atoms with Crippen LogP contribution in [0.2, 0.25) is 0 Å². The van der Waals surface area contributed by atoms with Gasteiger partial charge in [-0.15, -0.1) is 0 Å². The summed E-state index contributed by atoms with van der Waals surface area (Å²) in [6, 6.07) is 6.20. The Morgan fingerprint density at radius 2 is 2.05 bits per heavy atom. The number of benzene rings is 1. The first-order chi connectivity index (χ1) is 9.72. The first-order valence-corrected chi connectivity index (χ1v) is 6.39. The highest BCUT2D eigenvalue weighted by atomic mass is 16.5. The number of aliphatic hydroxyl groups excluding tert-OH is 1. The van der Waals surface area contributed by atoms with Crippen molar-refractivity contribution in [3.05, 3.63) is 46.6 Å². The minimum absolute atomic E-state index is 0.181. The van der Waals surface area contributed by atoms with Crippen LogP contribution < -0.4 is 9.46 Å². The zero-order chi connectivity index (χ0) is 14.1. The first-order valence-electron chi connectivity index (χ1n) is 6.39. The molecule has 0 aliphatic carbocycles. The van der Waals surface area contributed by atoms with Gasteiger partial charge in [-0.3, -0.25) is 4.90 Å². The van der Waals surface area contributed by atoms with Crippen LogP contribution in [0.4, 0.5) is 0 Å². The fraction of sp³-hybridized carbons (Fsp3) is 0.385. The van der Waals surface area contributed by atoms with E-state index in [-0.39, 0.29) is 19.0 Å². The monoisotopic (exact) mass is 277 g/mol. The second-order valence-corrected chi connectivity index (χ2v) is 4.71. The maximum absolute atomic E-state index is 12.4. The number of aliphatic hydroxyl groups is 1. The Morgan fingerprint density at radius 3 is 2.80 bits per heavy atom. The highest BCUT2D eigenvalue weighted by Crippen LogP contribution is 2.21. The molecule has 106 valence electrons. The molecule has 1 aliphatic heterocycles. The van der Waals surface area contributed by atoms with Crippen LogP contribution in [0.3, 0.4) is 0 Å². The summed E-state index contributed by atoms with van der Waals surface area (Å²) in [7, 11) is 0. The lowest BCUT2D eigenvalue weighted by molar-refractivity contribution is -0.637. The van der Waals surface area contributed by atoms with Crippen LogP contribution in [0.1, 0.15) is 11.7 Å². The van der Waals surface area contributed by atoms with Gasteiger partial charge in [-0.2, -0.15) is 9.46 Å². The van der Waals surface area contributed by atoms with Gasteiger partial charge in [-0.1, -0.05) is 12.1 Å². The molecular formula is C13H15N3O4. The third-order valence-electron chi connectivity index (χ3n) is 3.58. The molecule has 1 aliphatic rings. The number of fused-ring (bicyclic) bond motifs is 1. The van der Waals surface area contributed by atoms with E-state index >= 15 is 0 Å². The lowest BCUT2D eigenvalue weighted by atomic mass is 10.1. The Hall–Kier alpha value is -1.96. The van der Waals surface area contributed by atoms with Crippen molar-refractivity contribution in [1.29, 1.82) is 0 Å². The van der Waals surface area contributed by atoms with Gasteiger partial charge in [0.05, 0.1) is 19.9 Å². The number of morpholine rings is 1. The van der Waals surface area contributed by atoms with Crippen molar-refractivity contribution in [2.45, 2.75) is 6.04 Å². The third kappa shape index (κ3) is 2.05. The first kappa shape index (κ1) is 13.0. The van der Waals surface area contributed by atoms with Crippen LogP contribution in [0.15, 0.2) is 30.5 Å². The fourth-order valence-corrected chi connectivity index (χ4v) is 2.50. The predicted molar refractivity (Wildman–Crippen MR) is 69.2 cm³/mol. The van der Waals surface area contributed by atoms with E-state index < -0.39 is 6.04 Å². The van der Waals surface area contributed by atoms with Gasteiger partial charge in [0.15, 0.2) is 0 Å². The van der Waals surface area contributed by atoms with Crippen molar-refractivity contribution in [3.63, 3.8) is 0 Å². The van der Waals surface area contributed by atoms with Gasteiger partial charge >= 0.3 is 0 Å². The SMILES string of the molecule is [O-][n+]1cc(C2COCCN2CO)[n+]([O-])c2ccccc21. The molecule has 1 aromatic heterocycles. The summed E-state index contributed by atoms with van der Waals surface area (Å²) in [4.78, 5) is 1.71. The third-order valence-corrected chi connectivity index (χ3v) is 3.58. The average Bonchev–Trinajstić information content (AvgIpc) is 2.51. The molecule has 2 heterocycles. The number of nitrogens with zero attached hydrogens (tertiary/aromatic N) is 3. The highest BCUT2D eigenvalue weighted by Gasteiger charge is 2.33. The molecule has 0 radical (unpaired) electrons. The van der Waals surface area contributed by atoms with Gasteiger partial charge in [-0.05, 0) is 0 Å². The zero-order valence-electron chi connectivity index (χ0n) is 10.8. The van der Waals surface area contributed by atoms with Crippen LogP contribution in [0.25, 0.3) is 11.0 Å². The maximum atomic E-state index is 12.4. The van der Waals surface area contributed by atoms with Crippen LogP contribution in [-0.2, 0) is 4.74 Å². The quantitative estimate of drug-likeness (QED) is 0.587. The highest BCUT2D eigenvalue weighted by molar-refractivity contribution is 5.67. The van der Waals surface area contributed by atoms with Crippen molar-refractivity contribution in [1.82, 2.24) is 4.90 Å². The number of ether oxygens (including phenoxy) is 1. The van der Waals surface area contributed by atoms with Crippen LogP contribution in [-0.4, -0.2) is 36.5 Å². The summed E-state index contributed by atoms with van der Waals surface area (Å²) < 4.78 is 6.78. The minimum atomic E-state index is -0.420. The van der Waals surface area contributed by atoms with E-state index in [9.17, 15) is 15.5 Å². The average molecular weight is 277 g/mol. The number of rotatable bonds is 2. The van der Waals surface area contributed by atoms with E-state index in [2.05, 4.69) is 0 Å². The Morgan fingerprint density at radius 1 is 1.30 bits per heavy atom. The molecule has 7 heteroatoms. The van der Waals surface area contributed by atoms with Crippen molar-refractivity contribution in [2.75, 3.05) is 26.5 Å². The van der Waals surface area contributed by atoms with Crippen LogP contribution in [0.5, 0.6) is 0 Å². The molecule has 1 N–H and O–H groups in total. The molecule has 20 heavy (non-hydrogen) atoms. The normalized spacial score (nSPS) is 20.4. The second kappa shape index (κ2) is 5.20. The predicted octanol–water partition coefficient (Wildman–Crippen LogP) is -0.570. The Balaban J connectivity index is 2.13. The molecule has 1 fully saturated rings. The van der Waals surface area contributed by atoms with Crippen molar-refractivity contribution in [3.8, 4) is 0 Å². The fourth-order valence-electron chi connectivity index (χ4n) is 2.50. The van der Waals surface area contributed by atoms with Crippen LogP contribution in [0, 0.1) is 10.4 Å². The van der Waals surface area contributed by atoms with Crippen molar-refractivity contribution < 1.29 is 19.3 Å². The lowest BCUT2D eigenvalue weighted by Crippen LogP contribution is -2.49. The van der Waals surface area contributed by atoms with E-state index in [4.69, 9.17) is 4.74 Å². The molecule has 0 saturated carbocycles. The van der Waals surface area contributed by atoms with E-state index in [0.717, 1.165) is 4.73 Å². The van der Waals surface area contributed by atoms with E-state index in [1.54, 1.807) is 29.2 Å². The molecule has 0 spiro atoms. The minimum Gasteiger partial charge on any atom is -0.618 e. The van der Waals surface area contributed by atoms with Crippen molar-refractivity contribution in [2.24, 2.45) is 0 Å². The molecule has 0 bridgehead atoms. The molecule has 1 saturated heterocycles. The van der Waals surface area contributed by atoms with Gasteiger partial charge < -0.3 is 20.3 Å². The van der Waals surface area contributed by atoms with E-state index in [1.807, 2.05) is 0 Å². The standard InChI is InChI=1S/C13H15N3O4/c17-9-14-5-6-20-8-13(14)12-7-15(18)10-3-1-2-4-11(10)16(12)19/h1-4,7,13,17H,5-6,8-9H2. The summed E-state index contributed by atoms with van der Waals surface area (Å²) in [6.07, 6.45) is 1.26. The lowest BCUT2D eigenvalue weighted by Gasteiger charge is -2.31. The molecule has 0 amide bonds. The van der Waals surface area contributed by atoms with Gasteiger partial charge in [0.25, 0.3) is 22.9 Å². The summed E-state index contributed by atoms with van der Waals surface area (Å²) in [5.41, 5.74) is 0.912. The summed E-state index contributed by atoms with van der Waals surface area (Å²) >= 11 is 0. The smallest absolute Gasteiger partial charge is 0.290 e. The number of hydrogen-bond donors (Lipinski definition) is 1. The van der Waals surface area contributed by atoms with Crippen LogP contribution >= 0.6 is 0 Å². The molecule has 1 aromatic carbocycles. The Kier molecular flexibility index (Phi) is 3.39.